The first-order chi connectivity index (χ1) is 13.0. The lowest BCUT2D eigenvalue weighted by Crippen LogP contribution is -2.32. The molecule has 0 unspecified atom stereocenters. The number of rotatable bonds is 6. The second kappa shape index (κ2) is 9.06. The van der Waals surface area contributed by atoms with E-state index in [1.807, 2.05) is 30.9 Å². The summed E-state index contributed by atoms with van der Waals surface area (Å²) in [6.07, 6.45) is 6.53. The number of thioether (sulfide) groups is 1. The van der Waals surface area contributed by atoms with Crippen molar-refractivity contribution in [3.05, 3.63) is 44.8 Å². The van der Waals surface area contributed by atoms with Gasteiger partial charge in [-0.15, -0.1) is 0 Å². The van der Waals surface area contributed by atoms with E-state index in [0.717, 1.165) is 29.4 Å². The third-order valence-corrected chi connectivity index (χ3v) is 6.21. The number of carbonyl (C=O) groups excluding carboxylic acids is 1. The minimum Gasteiger partial charge on any atom is -0.316 e. The maximum absolute atomic E-state index is 12.8. The first-order valence-corrected chi connectivity index (χ1v) is 11.1. The Labute approximate surface area is 172 Å². The topological polar surface area (TPSA) is 55.2 Å². The van der Waals surface area contributed by atoms with Crippen LogP contribution in [-0.2, 0) is 11.3 Å². The van der Waals surface area contributed by atoms with E-state index >= 15 is 0 Å². The van der Waals surface area contributed by atoms with Gasteiger partial charge in [-0.3, -0.25) is 14.2 Å². The molecular formula is C20H24BrN3O2S. The van der Waals surface area contributed by atoms with Crippen molar-refractivity contribution in [3.8, 4) is 0 Å². The molecule has 1 heterocycles. The molecule has 0 bridgehead atoms. The van der Waals surface area contributed by atoms with Crippen molar-refractivity contribution in [3.63, 3.8) is 0 Å². The number of hydrogen-bond donors (Lipinski definition) is 0. The molecule has 1 aromatic carbocycles. The Morgan fingerprint density at radius 3 is 2.81 bits per heavy atom. The van der Waals surface area contributed by atoms with E-state index in [1.54, 1.807) is 10.6 Å². The van der Waals surface area contributed by atoms with Gasteiger partial charge < -0.3 is 4.90 Å². The summed E-state index contributed by atoms with van der Waals surface area (Å²) in [7, 11) is 0. The van der Waals surface area contributed by atoms with Crippen molar-refractivity contribution < 1.29 is 4.79 Å². The minimum absolute atomic E-state index is 0.0684. The standard InChI is InChI=1S/C20H24BrN3O2S/c1-3-23(15-8-6-5-7-9-15)18(25)13-27-20-22-17-11-10-14(21)12-16(17)19(26)24(20)4-2/h8,10-12H,3-7,9,13H2,1-2H3. The zero-order valence-electron chi connectivity index (χ0n) is 15.7. The summed E-state index contributed by atoms with van der Waals surface area (Å²) in [5.74, 6) is 0.350. The number of carbonyl (C=O) groups is 1. The second-order valence-corrected chi connectivity index (χ2v) is 8.33. The van der Waals surface area contributed by atoms with Crippen LogP contribution in [0.4, 0.5) is 0 Å². The molecule has 0 N–H and O–H groups in total. The number of hydrogen-bond acceptors (Lipinski definition) is 4. The fourth-order valence-corrected chi connectivity index (χ4v) is 4.67. The van der Waals surface area contributed by atoms with Crippen molar-refractivity contribution in [2.24, 2.45) is 0 Å². The van der Waals surface area contributed by atoms with Crippen LogP contribution in [0.15, 0.2) is 44.4 Å². The molecule has 27 heavy (non-hydrogen) atoms. The van der Waals surface area contributed by atoms with Gasteiger partial charge in [-0.1, -0.05) is 33.8 Å². The van der Waals surface area contributed by atoms with Gasteiger partial charge >= 0.3 is 0 Å². The van der Waals surface area contributed by atoms with Crippen LogP contribution in [0.2, 0.25) is 0 Å². The molecule has 0 radical (unpaired) electrons. The Balaban J connectivity index is 1.83. The lowest BCUT2D eigenvalue weighted by atomic mass is 10.0. The van der Waals surface area contributed by atoms with Crippen LogP contribution in [0.1, 0.15) is 39.5 Å². The van der Waals surface area contributed by atoms with Gasteiger partial charge in [0.15, 0.2) is 5.16 Å². The number of amides is 1. The maximum Gasteiger partial charge on any atom is 0.262 e. The molecule has 1 aliphatic rings. The van der Waals surface area contributed by atoms with Gasteiger partial charge in [0, 0.05) is 23.3 Å². The lowest BCUT2D eigenvalue weighted by molar-refractivity contribution is -0.126. The number of aromatic nitrogens is 2. The smallest absolute Gasteiger partial charge is 0.262 e. The van der Waals surface area contributed by atoms with E-state index in [4.69, 9.17) is 0 Å². The van der Waals surface area contributed by atoms with Gasteiger partial charge in [-0.05, 0) is 57.7 Å². The fraction of sp³-hybridized carbons (Fsp3) is 0.450. The quantitative estimate of drug-likeness (QED) is 0.478. The molecule has 0 spiro atoms. The molecule has 144 valence electrons. The average molecular weight is 450 g/mol. The Hall–Kier alpha value is -1.60. The Bertz CT molecular complexity index is 939. The van der Waals surface area contributed by atoms with Gasteiger partial charge in [0.25, 0.3) is 5.56 Å². The van der Waals surface area contributed by atoms with Gasteiger partial charge in [0.2, 0.25) is 5.91 Å². The lowest BCUT2D eigenvalue weighted by Gasteiger charge is -2.26. The molecule has 0 atom stereocenters. The summed E-state index contributed by atoms with van der Waals surface area (Å²) in [5, 5.41) is 1.18. The highest BCUT2D eigenvalue weighted by Gasteiger charge is 2.19. The highest BCUT2D eigenvalue weighted by molar-refractivity contribution is 9.10. The summed E-state index contributed by atoms with van der Waals surface area (Å²) in [5.41, 5.74) is 1.73. The number of fused-ring (bicyclic) bond motifs is 1. The fourth-order valence-electron chi connectivity index (χ4n) is 3.37. The van der Waals surface area contributed by atoms with E-state index in [0.29, 0.717) is 29.1 Å². The molecular weight excluding hydrogens is 426 g/mol. The molecule has 0 aliphatic heterocycles. The van der Waals surface area contributed by atoms with Crippen LogP contribution in [0.25, 0.3) is 10.9 Å². The number of allylic oxidation sites excluding steroid dienone is 2. The van der Waals surface area contributed by atoms with E-state index in [1.165, 1.54) is 18.2 Å². The van der Waals surface area contributed by atoms with Gasteiger partial charge in [0.05, 0.1) is 16.7 Å². The first kappa shape index (κ1) is 20.1. The van der Waals surface area contributed by atoms with Crippen molar-refractivity contribution in [1.82, 2.24) is 14.5 Å². The van der Waals surface area contributed by atoms with Crippen LogP contribution in [0, 0.1) is 0 Å². The van der Waals surface area contributed by atoms with Gasteiger partial charge in [-0.2, -0.15) is 0 Å². The van der Waals surface area contributed by atoms with Crippen LogP contribution in [0.3, 0.4) is 0 Å². The number of benzene rings is 1. The Morgan fingerprint density at radius 2 is 2.15 bits per heavy atom. The predicted molar refractivity (Wildman–Crippen MR) is 114 cm³/mol. The number of halogens is 1. The van der Waals surface area contributed by atoms with Crippen molar-refractivity contribution in [2.75, 3.05) is 12.3 Å². The van der Waals surface area contributed by atoms with Crippen LogP contribution in [0.5, 0.6) is 0 Å². The molecule has 1 amide bonds. The van der Waals surface area contributed by atoms with Crippen molar-refractivity contribution in [1.29, 1.82) is 0 Å². The average Bonchev–Trinajstić information content (AvgIpc) is 2.68. The molecule has 1 aliphatic carbocycles. The van der Waals surface area contributed by atoms with E-state index < -0.39 is 0 Å². The first-order valence-electron chi connectivity index (χ1n) is 9.37. The summed E-state index contributed by atoms with van der Waals surface area (Å²) < 4.78 is 2.49. The van der Waals surface area contributed by atoms with Crippen LogP contribution < -0.4 is 5.56 Å². The molecule has 1 aromatic heterocycles. The minimum atomic E-state index is -0.0684. The molecule has 0 saturated carbocycles. The number of nitrogens with zero attached hydrogens (tertiary/aromatic N) is 3. The zero-order chi connectivity index (χ0) is 19.4. The molecule has 0 fully saturated rings. The summed E-state index contributed by atoms with van der Waals surface area (Å²) in [4.78, 5) is 32.1. The van der Waals surface area contributed by atoms with Gasteiger partial charge in [-0.25, -0.2) is 4.98 Å². The maximum atomic E-state index is 12.8. The monoisotopic (exact) mass is 449 g/mol. The summed E-state index contributed by atoms with van der Waals surface area (Å²) in [6, 6.07) is 5.50. The van der Waals surface area contributed by atoms with E-state index in [9.17, 15) is 9.59 Å². The molecule has 5 nitrogen and oxygen atoms in total. The van der Waals surface area contributed by atoms with Crippen molar-refractivity contribution in [2.45, 2.75) is 51.2 Å². The predicted octanol–water partition coefficient (Wildman–Crippen LogP) is 4.58. The SMILES string of the molecule is CCN(C(=O)CSc1nc2ccc(Br)cc2c(=O)n1CC)C1=CCCCC1. The van der Waals surface area contributed by atoms with E-state index in [2.05, 4.69) is 27.0 Å². The summed E-state index contributed by atoms with van der Waals surface area (Å²) >= 11 is 4.75. The van der Waals surface area contributed by atoms with Crippen molar-refractivity contribution >= 4 is 44.5 Å². The van der Waals surface area contributed by atoms with Gasteiger partial charge in [0.1, 0.15) is 0 Å². The molecule has 7 heteroatoms. The highest BCUT2D eigenvalue weighted by atomic mass is 79.9. The Kier molecular flexibility index (Phi) is 6.76. The Morgan fingerprint density at radius 1 is 1.33 bits per heavy atom. The molecule has 3 rings (SSSR count). The van der Waals surface area contributed by atoms with Crippen LogP contribution >= 0.6 is 27.7 Å². The molecule has 2 aromatic rings. The molecule has 0 saturated heterocycles. The summed E-state index contributed by atoms with van der Waals surface area (Å²) in [6.45, 7) is 5.12. The van der Waals surface area contributed by atoms with E-state index in [-0.39, 0.29) is 17.2 Å². The highest BCUT2D eigenvalue weighted by Crippen LogP contribution is 2.24. The second-order valence-electron chi connectivity index (χ2n) is 6.47. The third kappa shape index (κ3) is 4.46. The normalized spacial score (nSPS) is 14.3. The van der Waals surface area contributed by atoms with Crippen LogP contribution in [-0.4, -0.2) is 32.7 Å². The largest absolute Gasteiger partial charge is 0.316 e. The zero-order valence-corrected chi connectivity index (χ0v) is 18.1. The third-order valence-electron chi connectivity index (χ3n) is 4.75.